The summed E-state index contributed by atoms with van der Waals surface area (Å²) in [7, 11) is 0. The maximum absolute atomic E-state index is 11.5. The number of anilines is 1. The number of primary amides is 1. The van der Waals surface area contributed by atoms with Crippen LogP contribution < -0.4 is 16.2 Å². The van der Waals surface area contributed by atoms with Gasteiger partial charge in [-0.2, -0.15) is 15.2 Å². The molecule has 0 bridgehead atoms. The molecule has 1 aliphatic rings. The van der Waals surface area contributed by atoms with E-state index in [1.807, 2.05) is 0 Å². The molecule has 5 N–H and O–H groups in total. The first-order valence-corrected chi connectivity index (χ1v) is 10.8. The van der Waals surface area contributed by atoms with Crippen molar-refractivity contribution >= 4 is 22.8 Å². The van der Waals surface area contributed by atoms with Gasteiger partial charge in [0, 0.05) is 5.56 Å². The fourth-order valence-corrected chi connectivity index (χ4v) is 4.04. The highest BCUT2D eigenvalue weighted by Gasteiger charge is 2.28. The second-order valence-electron chi connectivity index (χ2n) is 7.81. The molecule has 9 nitrogen and oxygen atoms in total. The lowest BCUT2D eigenvalue weighted by molar-refractivity contribution is -0.122. The number of nitrogens with zero attached hydrogens (tertiary/aromatic N) is 4. The number of nitriles is 1. The zero-order valence-electron chi connectivity index (χ0n) is 17.6. The van der Waals surface area contributed by atoms with Crippen molar-refractivity contribution in [2.75, 3.05) is 25.4 Å². The molecule has 1 atom stereocenters. The van der Waals surface area contributed by atoms with Crippen LogP contribution in [0.3, 0.4) is 0 Å². The highest BCUT2D eigenvalue weighted by molar-refractivity contribution is 5.89. The van der Waals surface area contributed by atoms with Crippen LogP contribution in [0.2, 0.25) is 0 Å². The van der Waals surface area contributed by atoms with Crippen molar-refractivity contribution in [1.82, 2.24) is 19.9 Å². The van der Waals surface area contributed by atoms with E-state index in [1.54, 1.807) is 0 Å². The highest BCUT2D eigenvalue weighted by atomic mass is 16.5. The van der Waals surface area contributed by atoms with E-state index in [9.17, 15) is 10.1 Å². The van der Waals surface area contributed by atoms with Crippen molar-refractivity contribution < 1.29 is 9.53 Å². The third-order valence-corrected chi connectivity index (χ3v) is 5.66. The van der Waals surface area contributed by atoms with Crippen LogP contribution in [-0.4, -0.2) is 51.5 Å². The van der Waals surface area contributed by atoms with E-state index in [0.29, 0.717) is 35.6 Å². The van der Waals surface area contributed by atoms with E-state index in [0.717, 1.165) is 63.6 Å². The number of hydrogen-bond acceptors (Lipinski definition) is 7. The third-order valence-electron chi connectivity index (χ3n) is 5.66. The Bertz CT molecular complexity index is 918. The minimum absolute atomic E-state index is 0.116. The first-order chi connectivity index (χ1) is 14.5. The van der Waals surface area contributed by atoms with Crippen molar-refractivity contribution in [1.29, 1.82) is 5.26 Å². The summed E-state index contributed by atoms with van der Waals surface area (Å²) in [4.78, 5) is 25.5. The van der Waals surface area contributed by atoms with Gasteiger partial charge in [-0.25, -0.2) is 0 Å². The number of amides is 1. The summed E-state index contributed by atoms with van der Waals surface area (Å²) < 4.78 is 5.62. The van der Waals surface area contributed by atoms with Gasteiger partial charge in [0.05, 0.1) is 12.6 Å². The molecule has 1 aliphatic heterocycles. The fraction of sp³-hybridized carbons (Fsp3) is 0.619. The number of nitrogen functional groups attached to an aromatic ring is 1. The summed E-state index contributed by atoms with van der Waals surface area (Å²) in [6.45, 7) is 4.43. The highest BCUT2D eigenvalue weighted by Crippen LogP contribution is 2.27. The van der Waals surface area contributed by atoms with E-state index in [4.69, 9.17) is 16.2 Å². The Morgan fingerprint density at radius 3 is 2.90 bits per heavy atom. The molecular weight excluding hydrogens is 382 g/mol. The summed E-state index contributed by atoms with van der Waals surface area (Å²) in [6, 6.07) is 2.35. The number of aromatic amines is 1. The first kappa shape index (κ1) is 21.8. The number of rotatable bonds is 11. The lowest BCUT2D eigenvalue weighted by Crippen LogP contribution is -2.40. The van der Waals surface area contributed by atoms with Crippen LogP contribution in [0.4, 0.5) is 5.82 Å². The SMILES string of the molecule is CCCCOc1nc(N)c2[nH]c(C#N)c(CCCCCN3CCC[C@@H]3C(N)=O)c2n1. The van der Waals surface area contributed by atoms with E-state index in [1.165, 1.54) is 0 Å². The Labute approximate surface area is 176 Å². The molecule has 0 spiro atoms. The Kier molecular flexibility index (Phi) is 7.46. The third kappa shape index (κ3) is 5.00. The second kappa shape index (κ2) is 10.3. The Morgan fingerprint density at radius 1 is 1.33 bits per heavy atom. The summed E-state index contributed by atoms with van der Waals surface area (Å²) in [5.41, 5.74) is 14.1. The number of aryl methyl sites for hydroxylation is 1. The number of hydrogen-bond donors (Lipinski definition) is 3. The van der Waals surface area contributed by atoms with Gasteiger partial charge in [0.15, 0.2) is 5.82 Å². The summed E-state index contributed by atoms with van der Waals surface area (Å²) in [5, 5.41) is 9.53. The van der Waals surface area contributed by atoms with Crippen molar-refractivity contribution in [3.05, 3.63) is 11.3 Å². The van der Waals surface area contributed by atoms with Gasteiger partial charge < -0.3 is 21.2 Å². The van der Waals surface area contributed by atoms with E-state index in [2.05, 4.69) is 32.8 Å². The second-order valence-corrected chi connectivity index (χ2v) is 7.81. The molecule has 162 valence electrons. The van der Waals surface area contributed by atoms with Gasteiger partial charge in [-0.3, -0.25) is 9.69 Å². The van der Waals surface area contributed by atoms with E-state index in [-0.39, 0.29) is 18.0 Å². The number of likely N-dealkylation sites (tertiary alicyclic amines) is 1. The summed E-state index contributed by atoms with van der Waals surface area (Å²) in [6.07, 6.45) is 7.41. The number of carbonyl (C=O) groups is 1. The Hall–Kier alpha value is -2.86. The van der Waals surface area contributed by atoms with Crippen molar-refractivity contribution in [3.8, 4) is 12.1 Å². The smallest absolute Gasteiger partial charge is 0.319 e. The van der Waals surface area contributed by atoms with Crippen LogP contribution in [0.15, 0.2) is 0 Å². The summed E-state index contributed by atoms with van der Waals surface area (Å²) >= 11 is 0. The number of fused-ring (bicyclic) bond motifs is 1. The zero-order valence-corrected chi connectivity index (χ0v) is 17.6. The normalized spacial score (nSPS) is 16.7. The minimum atomic E-state index is -0.223. The number of ether oxygens (including phenoxy) is 1. The quantitative estimate of drug-likeness (QED) is 0.479. The largest absolute Gasteiger partial charge is 0.463 e. The first-order valence-electron chi connectivity index (χ1n) is 10.8. The molecule has 3 rings (SSSR count). The van der Waals surface area contributed by atoms with E-state index < -0.39 is 0 Å². The van der Waals surface area contributed by atoms with Gasteiger partial charge in [0.25, 0.3) is 0 Å². The summed E-state index contributed by atoms with van der Waals surface area (Å²) in [5.74, 6) is 0.0694. The maximum Gasteiger partial charge on any atom is 0.319 e. The Balaban J connectivity index is 1.61. The van der Waals surface area contributed by atoms with Gasteiger partial charge in [-0.05, 0) is 51.6 Å². The standard InChI is InChI=1S/C21H31N7O2/c1-2-3-12-30-21-26-17-14(15(13-22)25-18(17)19(23)27-21)8-5-4-6-10-28-11-7-9-16(28)20(24)29/h16,25H,2-12H2,1H3,(H2,24,29)(H2,23,26,27)/t16-/m1/s1. The van der Waals surface area contributed by atoms with Crippen LogP contribution >= 0.6 is 0 Å². The molecule has 1 fully saturated rings. The Morgan fingerprint density at radius 2 is 2.17 bits per heavy atom. The number of carbonyl (C=O) groups excluding carboxylic acids is 1. The molecule has 30 heavy (non-hydrogen) atoms. The fourth-order valence-electron chi connectivity index (χ4n) is 4.04. The predicted octanol–water partition coefficient (Wildman–Crippen LogP) is 2.25. The average molecular weight is 414 g/mol. The molecule has 0 unspecified atom stereocenters. The van der Waals surface area contributed by atoms with Gasteiger partial charge in [-0.15, -0.1) is 0 Å². The molecule has 1 saturated heterocycles. The molecule has 2 aromatic rings. The molecule has 0 aliphatic carbocycles. The number of H-pyrrole nitrogens is 1. The number of aromatic nitrogens is 3. The van der Waals surface area contributed by atoms with Gasteiger partial charge in [0.2, 0.25) is 5.91 Å². The molecule has 0 radical (unpaired) electrons. The lowest BCUT2D eigenvalue weighted by Gasteiger charge is -2.21. The van der Waals surface area contributed by atoms with Gasteiger partial charge in [-0.1, -0.05) is 19.8 Å². The monoisotopic (exact) mass is 413 g/mol. The number of unbranched alkanes of at least 4 members (excludes halogenated alkanes) is 3. The van der Waals surface area contributed by atoms with Crippen LogP contribution in [0.25, 0.3) is 11.0 Å². The molecular formula is C21H31N7O2. The molecule has 0 saturated carbocycles. The average Bonchev–Trinajstić information content (AvgIpc) is 3.33. The molecule has 0 aromatic carbocycles. The van der Waals surface area contributed by atoms with Gasteiger partial charge in [0.1, 0.15) is 22.8 Å². The molecule has 1 amide bonds. The van der Waals surface area contributed by atoms with Crippen molar-refractivity contribution in [2.24, 2.45) is 5.73 Å². The van der Waals surface area contributed by atoms with Crippen molar-refractivity contribution in [2.45, 2.75) is 64.3 Å². The van der Waals surface area contributed by atoms with Crippen molar-refractivity contribution in [3.63, 3.8) is 0 Å². The van der Waals surface area contributed by atoms with Crippen LogP contribution in [0.1, 0.15) is 63.1 Å². The molecule has 2 aromatic heterocycles. The van der Waals surface area contributed by atoms with E-state index >= 15 is 0 Å². The minimum Gasteiger partial charge on any atom is -0.463 e. The topological polar surface area (TPSA) is 147 Å². The maximum atomic E-state index is 11.5. The zero-order chi connectivity index (χ0) is 21.5. The number of nitrogens with two attached hydrogens (primary N) is 2. The molecule has 9 heteroatoms. The predicted molar refractivity (Wildman–Crippen MR) is 115 cm³/mol. The lowest BCUT2D eigenvalue weighted by atomic mass is 10.1. The van der Waals surface area contributed by atoms with Crippen LogP contribution in [0.5, 0.6) is 6.01 Å². The number of nitrogens with one attached hydrogen (secondary N) is 1. The van der Waals surface area contributed by atoms with Gasteiger partial charge >= 0.3 is 6.01 Å². The molecule has 3 heterocycles. The van der Waals surface area contributed by atoms with Crippen LogP contribution in [0, 0.1) is 11.3 Å². The van der Waals surface area contributed by atoms with Crippen LogP contribution in [-0.2, 0) is 11.2 Å².